The molecule has 0 amide bonds. The highest BCUT2D eigenvalue weighted by molar-refractivity contribution is 6.07. The third kappa shape index (κ3) is 2.15. The van der Waals surface area contributed by atoms with Gasteiger partial charge in [-0.15, -0.1) is 0 Å². The molecule has 3 aromatic carbocycles. The van der Waals surface area contributed by atoms with Crippen molar-refractivity contribution in [1.82, 2.24) is 4.57 Å². The fourth-order valence-corrected chi connectivity index (χ4v) is 3.25. The molecule has 23 heavy (non-hydrogen) atoms. The number of hydrogen-bond acceptors (Lipinski definition) is 1. The standard InChI is InChI=1S/C21H17NO/c1-2-17-14-16-13-12-15-8-6-7-11-19(15)20(16)21(23)22(17)18-9-4-3-5-10-18/h3-14H,2H2,1H3. The molecule has 0 N–H and O–H groups in total. The Labute approximate surface area is 134 Å². The minimum Gasteiger partial charge on any atom is -0.281 e. The summed E-state index contributed by atoms with van der Waals surface area (Å²) in [6.07, 6.45) is 0.812. The first-order chi connectivity index (χ1) is 11.3. The van der Waals surface area contributed by atoms with E-state index in [0.717, 1.165) is 39.3 Å². The van der Waals surface area contributed by atoms with Crippen molar-refractivity contribution in [3.63, 3.8) is 0 Å². The monoisotopic (exact) mass is 299 g/mol. The number of pyridine rings is 1. The lowest BCUT2D eigenvalue weighted by atomic mass is 10.0. The van der Waals surface area contributed by atoms with Gasteiger partial charge < -0.3 is 0 Å². The summed E-state index contributed by atoms with van der Waals surface area (Å²) in [6.45, 7) is 2.08. The minimum atomic E-state index is 0.0577. The molecule has 0 saturated heterocycles. The number of aromatic nitrogens is 1. The van der Waals surface area contributed by atoms with E-state index in [2.05, 4.69) is 25.1 Å². The first-order valence-corrected chi connectivity index (χ1v) is 7.91. The van der Waals surface area contributed by atoms with Crippen LogP contribution in [0.25, 0.3) is 27.2 Å². The Morgan fingerprint density at radius 1 is 0.826 bits per heavy atom. The van der Waals surface area contributed by atoms with Crippen LogP contribution < -0.4 is 5.56 Å². The molecule has 0 spiro atoms. The number of hydrogen-bond donors (Lipinski definition) is 0. The predicted molar refractivity (Wildman–Crippen MR) is 96.4 cm³/mol. The summed E-state index contributed by atoms with van der Waals surface area (Å²) in [4.78, 5) is 13.3. The Bertz CT molecular complexity index is 1060. The fourth-order valence-electron chi connectivity index (χ4n) is 3.25. The minimum absolute atomic E-state index is 0.0577. The van der Waals surface area contributed by atoms with Gasteiger partial charge >= 0.3 is 0 Å². The Balaban J connectivity index is 2.20. The second-order valence-electron chi connectivity index (χ2n) is 5.72. The van der Waals surface area contributed by atoms with Crippen LogP contribution in [0.1, 0.15) is 12.6 Å². The van der Waals surface area contributed by atoms with Gasteiger partial charge in [-0.25, -0.2) is 0 Å². The maximum Gasteiger partial charge on any atom is 0.263 e. The van der Waals surface area contributed by atoms with Crippen molar-refractivity contribution in [2.45, 2.75) is 13.3 Å². The number of benzene rings is 3. The highest BCUT2D eigenvalue weighted by Gasteiger charge is 2.12. The zero-order chi connectivity index (χ0) is 15.8. The van der Waals surface area contributed by atoms with E-state index in [4.69, 9.17) is 0 Å². The summed E-state index contributed by atoms with van der Waals surface area (Å²) >= 11 is 0. The van der Waals surface area contributed by atoms with Crippen LogP contribution in [0.15, 0.2) is 77.6 Å². The summed E-state index contributed by atoms with van der Waals surface area (Å²) in [5, 5.41) is 3.92. The molecule has 0 aliphatic carbocycles. The van der Waals surface area contributed by atoms with Crippen molar-refractivity contribution in [1.29, 1.82) is 0 Å². The maximum atomic E-state index is 13.3. The van der Waals surface area contributed by atoms with Gasteiger partial charge in [0.15, 0.2) is 0 Å². The molecule has 0 fully saturated rings. The topological polar surface area (TPSA) is 22.0 Å². The van der Waals surface area contributed by atoms with E-state index in [-0.39, 0.29) is 5.56 Å². The van der Waals surface area contributed by atoms with Crippen LogP contribution in [0.5, 0.6) is 0 Å². The lowest BCUT2D eigenvalue weighted by molar-refractivity contribution is 0.890. The summed E-state index contributed by atoms with van der Waals surface area (Å²) in [5.41, 5.74) is 2.01. The average Bonchev–Trinajstić information content (AvgIpc) is 2.61. The molecule has 0 radical (unpaired) electrons. The highest BCUT2D eigenvalue weighted by Crippen LogP contribution is 2.24. The molecular formula is C21H17NO. The number of aryl methyl sites for hydroxylation is 1. The van der Waals surface area contributed by atoms with Crippen LogP contribution in [0, 0.1) is 0 Å². The predicted octanol–water partition coefficient (Wildman–Crippen LogP) is 4.71. The van der Waals surface area contributed by atoms with Gasteiger partial charge in [-0.1, -0.05) is 61.5 Å². The van der Waals surface area contributed by atoms with Gasteiger partial charge in [0.05, 0.1) is 5.39 Å². The zero-order valence-electron chi connectivity index (χ0n) is 13.0. The zero-order valence-corrected chi connectivity index (χ0v) is 13.0. The molecule has 2 heteroatoms. The van der Waals surface area contributed by atoms with Crippen LogP contribution in [-0.2, 0) is 6.42 Å². The van der Waals surface area contributed by atoms with Crippen molar-refractivity contribution in [2.24, 2.45) is 0 Å². The third-order valence-corrected chi connectivity index (χ3v) is 4.36. The highest BCUT2D eigenvalue weighted by atomic mass is 16.1. The van der Waals surface area contributed by atoms with E-state index in [1.54, 1.807) is 0 Å². The van der Waals surface area contributed by atoms with Gasteiger partial charge in [0.25, 0.3) is 5.56 Å². The molecule has 112 valence electrons. The molecule has 4 aromatic rings. The van der Waals surface area contributed by atoms with E-state index < -0.39 is 0 Å². The second kappa shape index (κ2) is 5.40. The van der Waals surface area contributed by atoms with Crippen LogP contribution in [0.3, 0.4) is 0 Å². The molecule has 0 aliphatic rings. The Kier molecular flexibility index (Phi) is 3.23. The molecule has 0 saturated carbocycles. The molecule has 0 atom stereocenters. The van der Waals surface area contributed by atoms with Crippen LogP contribution in [0.2, 0.25) is 0 Å². The van der Waals surface area contributed by atoms with Gasteiger partial charge in [-0.2, -0.15) is 0 Å². The number of rotatable bonds is 2. The van der Waals surface area contributed by atoms with Crippen molar-refractivity contribution in [2.75, 3.05) is 0 Å². The number of para-hydroxylation sites is 1. The molecule has 2 nitrogen and oxygen atoms in total. The first-order valence-electron chi connectivity index (χ1n) is 7.91. The van der Waals surface area contributed by atoms with Crippen molar-refractivity contribution >= 4 is 21.5 Å². The van der Waals surface area contributed by atoms with E-state index in [9.17, 15) is 4.79 Å². The van der Waals surface area contributed by atoms with Crippen molar-refractivity contribution < 1.29 is 0 Å². The van der Waals surface area contributed by atoms with E-state index in [1.807, 2.05) is 59.2 Å². The smallest absolute Gasteiger partial charge is 0.263 e. The van der Waals surface area contributed by atoms with Gasteiger partial charge in [-0.3, -0.25) is 9.36 Å². The summed E-state index contributed by atoms with van der Waals surface area (Å²) in [6, 6.07) is 24.2. The largest absolute Gasteiger partial charge is 0.281 e. The summed E-state index contributed by atoms with van der Waals surface area (Å²) in [5.74, 6) is 0. The molecule has 0 bridgehead atoms. The number of nitrogens with zero attached hydrogens (tertiary/aromatic N) is 1. The molecule has 4 rings (SSSR count). The molecular weight excluding hydrogens is 282 g/mol. The van der Waals surface area contributed by atoms with Crippen LogP contribution >= 0.6 is 0 Å². The SMILES string of the molecule is CCc1cc2ccc3ccccc3c2c(=O)n1-c1ccccc1. The molecule has 0 unspecified atom stereocenters. The fraction of sp³-hybridized carbons (Fsp3) is 0.0952. The third-order valence-electron chi connectivity index (χ3n) is 4.36. The van der Waals surface area contributed by atoms with Crippen molar-refractivity contribution in [3.8, 4) is 5.69 Å². The molecule has 1 aromatic heterocycles. The van der Waals surface area contributed by atoms with E-state index >= 15 is 0 Å². The first kappa shape index (κ1) is 13.8. The lowest BCUT2D eigenvalue weighted by Crippen LogP contribution is -2.22. The molecule has 0 aliphatic heterocycles. The quantitative estimate of drug-likeness (QED) is 0.491. The van der Waals surface area contributed by atoms with Gasteiger partial charge in [0.2, 0.25) is 0 Å². The summed E-state index contributed by atoms with van der Waals surface area (Å²) < 4.78 is 1.84. The number of fused-ring (bicyclic) bond motifs is 3. The maximum absolute atomic E-state index is 13.3. The summed E-state index contributed by atoms with van der Waals surface area (Å²) in [7, 11) is 0. The average molecular weight is 299 g/mol. The molecule has 1 heterocycles. The van der Waals surface area contributed by atoms with Crippen LogP contribution in [-0.4, -0.2) is 4.57 Å². The van der Waals surface area contributed by atoms with Crippen LogP contribution in [0.4, 0.5) is 0 Å². The van der Waals surface area contributed by atoms with Gasteiger partial charge in [0.1, 0.15) is 0 Å². The van der Waals surface area contributed by atoms with Gasteiger partial charge in [0, 0.05) is 11.4 Å². The Hall–Kier alpha value is -2.87. The van der Waals surface area contributed by atoms with Crippen molar-refractivity contribution in [3.05, 3.63) is 88.8 Å². The van der Waals surface area contributed by atoms with E-state index in [1.165, 1.54) is 0 Å². The van der Waals surface area contributed by atoms with Gasteiger partial charge in [-0.05, 0) is 40.8 Å². The second-order valence-corrected chi connectivity index (χ2v) is 5.72. The normalized spacial score (nSPS) is 11.2. The Morgan fingerprint density at radius 2 is 1.52 bits per heavy atom. The van der Waals surface area contributed by atoms with E-state index in [0.29, 0.717) is 0 Å². The Morgan fingerprint density at radius 3 is 2.30 bits per heavy atom. The lowest BCUT2D eigenvalue weighted by Gasteiger charge is -2.14.